The molecule has 136 valence electrons. The smallest absolute Gasteiger partial charge is 0.274 e. The predicted octanol–water partition coefficient (Wildman–Crippen LogP) is 0.930. The Balaban J connectivity index is 1.34. The molecule has 0 aromatic carbocycles. The van der Waals surface area contributed by atoms with E-state index in [9.17, 15) is 14.4 Å². The summed E-state index contributed by atoms with van der Waals surface area (Å²) in [4.78, 5) is 41.5. The number of piperazine rings is 1. The van der Waals surface area contributed by atoms with Crippen LogP contribution < -0.4 is 5.56 Å². The molecule has 1 saturated carbocycles. The zero-order valence-electron chi connectivity index (χ0n) is 14.5. The quantitative estimate of drug-likeness (QED) is 0.803. The van der Waals surface area contributed by atoms with Crippen LogP contribution in [0.15, 0.2) is 34.4 Å². The number of amides is 2. The van der Waals surface area contributed by atoms with Crippen LogP contribution in [0.4, 0.5) is 0 Å². The van der Waals surface area contributed by atoms with E-state index in [4.69, 9.17) is 0 Å². The summed E-state index contributed by atoms with van der Waals surface area (Å²) < 4.78 is 1.16. The Labute approximate surface area is 154 Å². The Morgan fingerprint density at radius 2 is 1.85 bits per heavy atom. The number of rotatable bonds is 3. The Bertz CT molecular complexity index is 884. The van der Waals surface area contributed by atoms with E-state index in [0.29, 0.717) is 32.1 Å². The summed E-state index contributed by atoms with van der Waals surface area (Å²) in [7, 11) is 1.52. The van der Waals surface area contributed by atoms with Crippen LogP contribution in [0.3, 0.4) is 0 Å². The number of nitrogens with zero attached hydrogens (tertiary/aromatic N) is 4. The van der Waals surface area contributed by atoms with Gasteiger partial charge in [-0.2, -0.15) is 5.10 Å². The zero-order valence-corrected chi connectivity index (χ0v) is 15.3. The zero-order chi connectivity index (χ0) is 18.3. The molecule has 0 radical (unpaired) electrons. The molecule has 2 aliphatic rings. The molecular formula is C18H20N4O3S. The highest BCUT2D eigenvalue weighted by Crippen LogP contribution is 2.50. The lowest BCUT2D eigenvalue weighted by Crippen LogP contribution is -2.51. The summed E-state index contributed by atoms with van der Waals surface area (Å²) >= 11 is 1.71. The molecule has 8 heteroatoms. The van der Waals surface area contributed by atoms with Crippen molar-refractivity contribution in [1.29, 1.82) is 0 Å². The number of hydrogen-bond donors (Lipinski definition) is 0. The van der Waals surface area contributed by atoms with Gasteiger partial charge in [-0.15, -0.1) is 11.3 Å². The summed E-state index contributed by atoms with van der Waals surface area (Å²) in [6, 6.07) is 6.92. The average Bonchev–Trinajstić information content (AvgIpc) is 3.27. The largest absolute Gasteiger partial charge is 0.339 e. The van der Waals surface area contributed by atoms with Gasteiger partial charge in [0.15, 0.2) is 0 Å². The van der Waals surface area contributed by atoms with Crippen molar-refractivity contribution in [2.24, 2.45) is 13.0 Å². The Morgan fingerprint density at radius 1 is 1.12 bits per heavy atom. The van der Waals surface area contributed by atoms with Crippen molar-refractivity contribution in [3.63, 3.8) is 0 Å². The standard InChI is InChI=1S/C18H20N4O3S/c1-20-16(23)5-4-14(19-20)18(25)22-8-6-21(7-9-22)17(24)13-11-12(13)15-3-2-10-26-15/h2-5,10,12-13H,6-9,11H2,1H3. The lowest BCUT2D eigenvalue weighted by Gasteiger charge is -2.34. The second kappa shape index (κ2) is 6.68. The van der Waals surface area contributed by atoms with Crippen molar-refractivity contribution in [2.45, 2.75) is 12.3 Å². The van der Waals surface area contributed by atoms with Crippen molar-refractivity contribution >= 4 is 23.2 Å². The van der Waals surface area contributed by atoms with Crippen LogP contribution in [-0.2, 0) is 11.8 Å². The van der Waals surface area contributed by atoms with Crippen molar-refractivity contribution in [3.05, 3.63) is 50.6 Å². The number of thiophene rings is 1. The first-order valence-corrected chi connectivity index (χ1v) is 9.58. The first-order valence-electron chi connectivity index (χ1n) is 8.70. The molecular weight excluding hydrogens is 352 g/mol. The Hall–Kier alpha value is -2.48. The maximum absolute atomic E-state index is 12.7. The van der Waals surface area contributed by atoms with Crippen LogP contribution in [-0.4, -0.2) is 57.6 Å². The van der Waals surface area contributed by atoms with Crippen LogP contribution in [0.5, 0.6) is 0 Å². The highest BCUT2D eigenvalue weighted by Gasteiger charge is 2.46. The Morgan fingerprint density at radius 3 is 2.50 bits per heavy atom. The van der Waals surface area contributed by atoms with Crippen molar-refractivity contribution in [1.82, 2.24) is 19.6 Å². The van der Waals surface area contributed by atoms with Gasteiger partial charge >= 0.3 is 0 Å². The highest BCUT2D eigenvalue weighted by atomic mass is 32.1. The van der Waals surface area contributed by atoms with Crippen molar-refractivity contribution in [3.8, 4) is 0 Å². The summed E-state index contributed by atoms with van der Waals surface area (Å²) in [5.41, 5.74) is 0.00789. The topological polar surface area (TPSA) is 75.5 Å². The van der Waals surface area contributed by atoms with E-state index in [0.717, 1.165) is 11.1 Å². The first-order chi connectivity index (χ1) is 12.5. The minimum absolute atomic E-state index is 0.0983. The van der Waals surface area contributed by atoms with Crippen molar-refractivity contribution in [2.75, 3.05) is 26.2 Å². The predicted molar refractivity (Wildman–Crippen MR) is 97.1 cm³/mol. The molecule has 1 aliphatic heterocycles. The lowest BCUT2D eigenvalue weighted by molar-refractivity contribution is -0.134. The average molecular weight is 372 g/mol. The second-order valence-corrected chi connectivity index (χ2v) is 7.74. The van der Waals surface area contributed by atoms with Gasteiger partial charge in [-0.25, -0.2) is 4.68 Å². The number of aryl methyl sites for hydroxylation is 1. The van der Waals surface area contributed by atoms with Gasteiger partial charge < -0.3 is 9.80 Å². The van der Waals surface area contributed by atoms with Gasteiger partial charge in [0.25, 0.3) is 11.5 Å². The Kier molecular flexibility index (Phi) is 4.36. The van der Waals surface area contributed by atoms with Crippen LogP contribution in [0.1, 0.15) is 27.7 Å². The van der Waals surface area contributed by atoms with E-state index in [1.54, 1.807) is 16.2 Å². The van der Waals surface area contributed by atoms with Gasteiger partial charge in [-0.1, -0.05) is 6.07 Å². The second-order valence-electron chi connectivity index (χ2n) is 6.76. The van der Waals surface area contributed by atoms with Crippen molar-refractivity contribution < 1.29 is 9.59 Å². The fourth-order valence-electron chi connectivity index (χ4n) is 3.43. The van der Waals surface area contributed by atoms with E-state index in [-0.39, 0.29) is 29.0 Å². The van der Waals surface area contributed by atoms with Crippen LogP contribution in [0.2, 0.25) is 0 Å². The van der Waals surface area contributed by atoms with E-state index in [2.05, 4.69) is 11.2 Å². The van der Waals surface area contributed by atoms with Gasteiger partial charge in [0.1, 0.15) is 5.69 Å². The van der Waals surface area contributed by atoms with Crippen LogP contribution >= 0.6 is 11.3 Å². The van der Waals surface area contributed by atoms with Gasteiger partial charge in [0, 0.05) is 56.0 Å². The molecule has 7 nitrogen and oxygen atoms in total. The van der Waals surface area contributed by atoms with E-state index in [1.807, 2.05) is 16.3 Å². The minimum atomic E-state index is -0.248. The minimum Gasteiger partial charge on any atom is -0.339 e. The summed E-state index contributed by atoms with van der Waals surface area (Å²) in [5.74, 6) is 0.476. The molecule has 1 aliphatic carbocycles. The fraction of sp³-hybridized carbons (Fsp3) is 0.444. The number of carbonyl (C=O) groups is 2. The van der Waals surface area contributed by atoms with Gasteiger partial charge in [0.2, 0.25) is 5.91 Å². The highest BCUT2D eigenvalue weighted by molar-refractivity contribution is 7.10. The summed E-state index contributed by atoms with van der Waals surface area (Å²) in [5, 5.41) is 6.06. The molecule has 0 N–H and O–H groups in total. The molecule has 0 spiro atoms. The molecule has 4 rings (SSSR count). The maximum Gasteiger partial charge on any atom is 0.274 e. The molecule has 2 fully saturated rings. The molecule has 26 heavy (non-hydrogen) atoms. The van der Waals surface area contributed by atoms with E-state index in [1.165, 1.54) is 24.1 Å². The molecule has 2 aromatic rings. The number of hydrogen-bond acceptors (Lipinski definition) is 5. The van der Waals surface area contributed by atoms with Crippen LogP contribution in [0.25, 0.3) is 0 Å². The normalized spacial score (nSPS) is 22.3. The third-order valence-electron chi connectivity index (χ3n) is 5.07. The molecule has 0 bridgehead atoms. The molecule has 2 aromatic heterocycles. The molecule has 1 saturated heterocycles. The summed E-state index contributed by atoms with van der Waals surface area (Å²) in [6.45, 7) is 2.07. The van der Waals surface area contributed by atoms with Gasteiger partial charge in [0.05, 0.1) is 0 Å². The molecule has 3 heterocycles. The third-order valence-corrected chi connectivity index (χ3v) is 6.08. The number of carbonyl (C=O) groups excluding carboxylic acids is 2. The lowest BCUT2D eigenvalue weighted by atomic mass is 10.2. The molecule has 2 amide bonds. The summed E-state index contributed by atoms with van der Waals surface area (Å²) in [6.07, 6.45) is 0.931. The number of aromatic nitrogens is 2. The van der Waals surface area contributed by atoms with Gasteiger partial charge in [-0.05, 0) is 23.9 Å². The van der Waals surface area contributed by atoms with Gasteiger partial charge in [-0.3, -0.25) is 14.4 Å². The fourth-order valence-corrected chi connectivity index (χ4v) is 4.33. The van der Waals surface area contributed by atoms with Crippen LogP contribution in [0, 0.1) is 5.92 Å². The maximum atomic E-state index is 12.7. The van der Waals surface area contributed by atoms with E-state index < -0.39 is 0 Å². The monoisotopic (exact) mass is 372 g/mol. The first kappa shape index (κ1) is 17.0. The molecule has 2 unspecified atom stereocenters. The SMILES string of the molecule is Cn1nc(C(=O)N2CCN(C(=O)C3CC3c3cccs3)CC2)ccc1=O. The van der Waals surface area contributed by atoms with E-state index >= 15 is 0 Å². The molecule has 2 atom stereocenters. The third kappa shape index (κ3) is 3.16.